The second-order valence-corrected chi connectivity index (χ2v) is 8.25. The highest BCUT2D eigenvalue weighted by Gasteiger charge is 2.22. The third-order valence-electron chi connectivity index (χ3n) is 4.97. The summed E-state index contributed by atoms with van der Waals surface area (Å²) in [5.74, 6) is 2.35. The van der Waals surface area contributed by atoms with E-state index in [1.807, 2.05) is 26.0 Å². The first-order chi connectivity index (χ1) is 14.1. The van der Waals surface area contributed by atoms with Crippen molar-refractivity contribution in [2.75, 3.05) is 31.7 Å². The summed E-state index contributed by atoms with van der Waals surface area (Å²) in [6, 6.07) is 5.59. The van der Waals surface area contributed by atoms with Crippen molar-refractivity contribution >= 4 is 17.3 Å². The molecule has 29 heavy (non-hydrogen) atoms. The fraction of sp³-hybridized carbons (Fsp3) is 0.450. The van der Waals surface area contributed by atoms with Gasteiger partial charge in [-0.3, -0.25) is 0 Å². The number of hydrogen-bond donors (Lipinski definition) is 0. The number of aryl methyl sites for hydroxylation is 2. The summed E-state index contributed by atoms with van der Waals surface area (Å²) in [5.41, 5.74) is 1.83. The Labute approximate surface area is 174 Å². The Bertz CT molecular complexity index is 954. The molecule has 0 unspecified atom stereocenters. The molecule has 4 rings (SSSR count). The first kappa shape index (κ1) is 19.5. The fourth-order valence-corrected chi connectivity index (χ4v) is 4.27. The van der Waals surface area contributed by atoms with Gasteiger partial charge in [-0.25, -0.2) is 9.97 Å². The van der Waals surface area contributed by atoms with Gasteiger partial charge in [0.05, 0.1) is 29.3 Å². The SMILES string of the molecule is COc1ccnc(N2CCC(COc3ccc(-c4sc(C)nc4C)nn3)CC2)n1. The summed E-state index contributed by atoms with van der Waals surface area (Å²) in [5, 5.41) is 9.58. The van der Waals surface area contributed by atoms with Gasteiger partial charge in [0.25, 0.3) is 0 Å². The Hall–Kier alpha value is -2.81. The zero-order valence-electron chi connectivity index (χ0n) is 16.8. The van der Waals surface area contributed by atoms with Gasteiger partial charge in [-0.1, -0.05) is 0 Å². The highest BCUT2D eigenvalue weighted by Crippen LogP contribution is 2.28. The minimum absolute atomic E-state index is 0.477. The number of nitrogens with zero attached hydrogens (tertiary/aromatic N) is 6. The van der Waals surface area contributed by atoms with Gasteiger partial charge in [-0.05, 0) is 38.7 Å². The number of methoxy groups -OCH3 is 1. The predicted octanol–water partition coefficient (Wildman–Crippen LogP) is 3.31. The molecule has 0 saturated carbocycles. The molecule has 3 aromatic rings. The number of piperidine rings is 1. The van der Waals surface area contributed by atoms with E-state index in [0.29, 0.717) is 24.3 Å². The van der Waals surface area contributed by atoms with Crippen LogP contribution in [0.3, 0.4) is 0 Å². The summed E-state index contributed by atoms with van der Waals surface area (Å²) < 4.78 is 11.1. The standard InChI is InChI=1S/C20H24N6O2S/c1-13-19(29-14(2)22-13)16-4-5-18(25-24-16)28-12-15-7-10-26(11-8-15)20-21-9-6-17(23-20)27-3/h4-6,9,15H,7-8,10-12H2,1-3H3. The van der Waals surface area contributed by atoms with E-state index in [-0.39, 0.29) is 0 Å². The van der Waals surface area contributed by atoms with Crippen LogP contribution in [0.4, 0.5) is 5.95 Å². The van der Waals surface area contributed by atoms with Crippen LogP contribution in [0.25, 0.3) is 10.6 Å². The zero-order chi connectivity index (χ0) is 20.2. The van der Waals surface area contributed by atoms with E-state index in [2.05, 4.69) is 30.0 Å². The molecular weight excluding hydrogens is 388 g/mol. The smallest absolute Gasteiger partial charge is 0.233 e. The second-order valence-electron chi connectivity index (χ2n) is 7.04. The largest absolute Gasteiger partial charge is 0.481 e. The molecule has 9 heteroatoms. The number of rotatable bonds is 6. The average molecular weight is 413 g/mol. The molecule has 1 aliphatic rings. The molecule has 0 atom stereocenters. The molecule has 0 aromatic carbocycles. The molecule has 0 radical (unpaired) electrons. The molecule has 0 aliphatic carbocycles. The lowest BCUT2D eigenvalue weighted by molar-refractivity contribution is 0.214. The van der Waals surface area contributed by atoms with Gasteiger partial charge in [0.15, 0.2) is 0 Å². The molecular formula is C20H24N6O2S. The van der Waals surface area contributed by atoms with Crippen LogP contribution in [0.15, 0.2) is 24.4 Å². The molecule has 0 amide bonds. The molecule has 1 fully saturated rings. The predicted molar refractivity (Wildman–Crippen MR) is 112 cm³/mol. The van der Waals surface area contributed by atoms with Crippen molar-refractivity contribution in [1.82, 2.24) is 25.1 Å². The van der Waals surface area contributed by atoms with E-state index in [0.717, 1.165) is 53.2 Å². The lowest BCUT2D eigenvalue weighted by Gasteiger charge is -2.31. The average Bonchev–Trinajstić information content (AvgIpc) is 3.11. The number of thiazole rings is 1. The van der Waals surface area contributed by atoms with Crippen LogP contribution < -0.4 is 14.4 Å². The molecule has 0 bridgehead atoms. The van der Waals surface area contributed by atoms with E-state index in [1.165, 1.54) is 0 Å². The van der Waals surface area contributed by atoms with E-state index in [1.54, 1.807) is 30.7 Å². The van der Waals surface area contributed by atoms with Crippen molar-refractivity contribution in [3.8, 4) is 22.3 Å². The summed E-state index contributed by atoms with van der Waals surface area (Å²) in [6.45, 7) is 6.43. The van der Waals surface area contributed by atoms with E-state index < -0.39 is 0 Å². The molecule has 4 heterocycles. The lowest BCUT2D eigenvalue weighted by Crippen LogP contribution is -2.36. The van der Waals surface area contributed by atoms with Crippen molar-refractivity contribution in [2.45, 2.75) is 26.7 Å². The fourth-order valence-electron chi connectivity index (χ4n) is 3.39. The lowest BCUT2D eigenvalue weighted by atomic mass is 9.98. The van der Waals surface area contributed by atoms with Crippen LogP contribution in [-0.2, 0) is 0 Å². The maximum absolute atomic E-state index is 5.89. The van der Waals surface area contributed by atoms with Gasteiger partial charge in [0.1, 0.15) is 5.69 Å². The van der Waals surface area contributed by atoms with Crippen LogP contribution in [0.1, 0.15) is 23.5 Å². The van der Waals surface area contributed by atoms with Gasteiger partial charge >= 0.3 is 0 Å². The molecule has 152 valence electrons. The number of anilines is 1. The van der Waals surface area contributed by atoms with Crippen molar-refractivity contribution in [1.29, 1.82) is 0 Å². The molecule has 0 N–H and O–H groups in total. The number of hydrogen-bond acceptors (Lipinski definition) is 9. The van der Waals surface area contributed by atoms with Crippen molar-refractivity contribution < 1.29 is 9.47 Å². The minimum Gasteiger partial charge on any atom is -0.481 e. The first-order valence-corrected chi connectivity index (χ1v) is 10.5. The maximum atomic E-state index is 5.89. The van der Waals surface area contributed by atoms with Crippen LogP contribution in [0.5, 0.6) is 11.8 Å². The second kappa shape index (κ2) is 8.69. The van der Waals surface area contributed by atoms with Crippen LogP contribution in [0, 0.1) is 19.8 Å². The summed E-state index contributed by atoms with van der Waals surface area (Å²) in [6.07, 6.45) is 3.77. The normalized spacial score (nSPS) is 14.8. The minimum atomic E-state index is 0.477. The van der Waals surface area contributed by atoms with Crippen molar-refractivity contribution in [3.63, 3.8) is 0 Å². The molecule has 8 nitrogen and oxygen atoms in total. The Morgan fingerprint density at radius 1 is 1.07 bits per heavy atom. The molecule has 0 spiro atoms. The number of aromatic nitrogens is 5. The van der Waals surface area contributed by atoms with Gasteiger partial charge in [0.2, 0.25) is 17.7 Å². The Morgan fingerprint density at radius 2 is 1.90 bits per heavy atom. The molecule has 1 aliphatic heterocycles. The van der Waals surface area contributed by atoms with Gasteiger partial charge in [-0.2, -0.15) is 4.98 Å². The Kier molecular flexibility index (Phi) is 5.84. The Balaban J connectivity index is 1.28. The highest BCUT2D eigenvalue weighted by atomic mass is 32.1. The Morgan fingerprint density at radius 3 is 2.55 bits per heavy atom. The quantitative estimate of drug-likeness (QED) is 0.609. The van der Waals surface area contributed by atoms with Crippen LogP contribution >= 0.6 is 11.3 Å². The van der Waals surface area contributed by atoms with Gasteiger partial charge in [-0.15, -0.1) is 21.5 Å². The zero-order valence-corrected chi connectivity index (χ0v) is 17.6. The summed E-state index contributed by atoms with van der Waals surface area (Å²) in [4.78, 5) is 16.5. The first-order valence-electron chi connectivity index (χ1n) is 9.65. The van der Waals surface area contributed by atoms with Crippen LogP contribution in [0.2, 0.25) is 0 Å². The van der Waals surface area contributed by atoms with E-state index in [9.17, 15) is 0 Å². The topological polar surface area (TPSA) is 86.2 Å². The number of ether oxygens (including phenoxy) is 2. The van der Waals surface area contributed by atoms with E-state index in [4.69, 9.17) is 9.47 Å². The van der Waals surface area contributed by atoms with Gasteiger partial charge in [0, 0.05) is 31.4 Å². The van der Waals surface area contributed by atoms with Crippen molar-refractivity contribution in [3.05, 3.63) is 35.1 Å². The third kappa shape index (κ3) is 4.61. The monoisotopic (exact) mass is 412 g/mol. The van der Waals surface area contributed by atoms with E-state index >= 15 is 0 Å². The summed E-state index contributed by atoms with van der Waals surface area (Å²) >= 11 is 1.63. The van der Waals surface area contributed by atoms with Gasteiger partial charge < -0.3 is 14.4 Å². The third-order valence-corrected chi connectivity index (χ3v) is 6.06. The molecule has 1 saturated heterocycles. The molecule has 3 aromatic heterocycles. The van der Waals surface area contributed by atoms with Crippen LogP contribution in [-0.4, -0.2) is 52.0 Å². The van der Waals surface area contributed by atoms with Crippen molar-refractivity contribution in [2.24, 2.45) is 5.92 Å². The summed E-state index contributed by atoms with van der Waals surface area (Å²) in [7, 11) is 1.62. The highest BCUT2D eigenvalue weighted by molar-refractivity contribution is 7.15. The maximum Gasteiger partial charge on any atom is 0.233 e.